The van der Waals surface area contributed by atoms with E-state index in [4.69, 9.17) is 5.11 Å². The topological polar surface area (TPSA) is 37.3 Å². The Morgan fingerprint density at radius 1 is 1.24 bits per heavy atom. The molecule has 0 radical (unpaired) electrons. The van der Waals surface area contributed by atoms with Crippen LogP contribution in [-0.2, 0) is 10.5 Å². The number of halogens is 4. The molecule has 1 N–H and O–H groups in total. The molecule has 0 saturated heterocycles. The SMILES string of the molecule is O=C(O)C1=CC=C(I)[SH](Cc2ccccc2)C1C(F)(F)F. The zero-order valence-corrected chi connectivity index (χ0v) is 13.7. The normalized spacial score (nSPS) is 24.2. The predicted octanol–water partition coefficient (Wildman–Crippen LogP) is 4.42. The van der Waals surface area contributed by atoms with E-state index in [1.54, 1.807) is 30.3 Å². The molecule has 0 amide bonds. The van der Waals surface area contributed by atoms with Gasteiger partial charge in [-0.25, -0.2) is 15.7 Å². The van der Waals surface area contributed by atoms with Crippen molar-refractivity contribution >= 4 is 39.5 Å². The fourth-order valence-corrected chi connectivity index (χ4v) is 5.99. The van der Waals surface area contributed by atoms with Gasteiger partial charge in [-0.1, -0.05) is 30.3 Å². The van der Waals surface area contributed by atoms with Crippen LogP contribution in [0.2, 0.25) is 0 Å². The zero-order chi connectivity index (χ0) is 15.6. The summed E-state index contributed by atoms with van der Waals surface area (Å²) in [6, 6.07) is 8.85. The molecular formula is C14H12F3IO2S. The van der Waals surface area contributed by atoms with Crippen molar-refractivity contribution in [3.8, 4) is 0 Å². The molecule has 1 aliphatic heterocycles. The van der Waals surface area contributed by atoms with Crippen molar-refractivity contribution in [1.29, 1.82) is 0 Å². The highest BCUT2D eigenvalue weighted by Crippen LogP contribution is 2.56. The molecule has 114 valence electrons. The monoisotopic (exact) mass is 428 g/mol. The van der Waals surface area contributed by atoms with Gasteiger partial charge < -0.3 is 5.11 Å². The molecule has 2 atom stereocenters. The lowest BCUT2D eigenvalue weighted by Gasteiger charge is -2.35. The van der Waals surface area contributed by atoms with Crippen LogP contribution in [0.3, 0.4) is 0 Å². The average molecular weight is 428 g/mol. The fraction of sp³-hybridized carbons (Fsp3) is 0.214. The number of carboxylic acids is 1. The van der Waals surface area contributed by atoms with Crippen LogP contribution in [0.1, 0.15) is 5.56 Å². The maximum atomic E-state index is 13.4. The fourth-order valence-electron chi connectivity index (χ4n) is 2.12. The summed E-state index contributed by atoms with van der Waals surface area (Å²) in [7, 11) is -1.66. The molecule has 0 aliphatic carbocycles. The van der Waals surface area contributed by atoms with E-state index >= 15 is 0 Å². The minimum absolute atomic E-state index is 0.222. The van der Waals surface area contributed by atoms with Crippen LogP contribution in [-0.4, -0.2) is 22.5 Å². The first-order chi connectivity index (χ1) is 9.80. The predicted molar refractivity (Wildman–Crippen MR) is 86.8 cm³/mol. The van der Waals surface area contributed by atoms with Crippen molar-refractivity contribution in [2.45, 2.75) is 17.2 Å². The number of carboxylic acid groups (broad SMARTS) is 1. The van der Waals surface area contributed by atoms with Gasteiger partial charge in [0.25, 0.3) is 0 Å². The Hall–Kier alpha value is -0.960. The third-order valence-corrected chi connectivity index (χ3v) is 7.85. The van der Waals surface area contributed by atoms with Gasteiger partial charge in [0, 0.05) is 8.66 Å². The summed E-state index contributed by atoms with van der Waals surface area (Å²) in [4.78, 5) is 11.1. The van der Waals surface area contributed by atoms with Crippen LogP contribution in [0, 0.1) is 0 Å². The Morgan fingerprint density at radius 3 is 2.38 bits per heavy atom. The van der Waals surface area contributed by atoms with Crippen molar-refractivity contribution in [2.75, 3.05) is 0 Å². The maximum Gasteiger partial charge on any atom is 0.403 e. The van der Waals surface area contributed by atoms with Crippen LogP contribution in [0.25, 0.3) is 0 Å². The largest absolute Gasteiger partial charge is 0.478 e. The smallest absolute Gasteiger partial charge is 0.403 e. The summed E-state index contributed by atoms with van der Waals surface area (Å²) in [5.41, 5.74) is 0.219. The molecule has 0 bridgehead atoms. The van der Waals surface area contributed by atoms with E-state index in [-0.39, 0.29) is 5.75 Å². The molecule has 2 nitrogen and oxygen atoms in total. The molecular weight excluding hydrogens is 416 g/mol. The lowest BCUT2D eigenvalue weighted by Crippen LogP contribution is -2.35. The molecule has 0 spiro atoms. The summed E-state index contributed by atoms with van der Waals surface area (Å²) in [6.07, 6.45) is -2.00. The maximum absolute atomic E-state index is 13.4. The lowest BCUT2D eigenvalue weighted by molar-refractivity contribution is -0.140. The van der Waals surface area contributed by atoms with Crippen LogP contribution < -0.4 is 0 Å². The Morgan fingerprint density at radius 2 is 1.86 bits per heavy atom. The van der Waals surface area contributed by atoms with Gasteiger partial charge in [-0.15, -0.1) is 0 Å². The van der Waals surface area contributed by atoms with Gasteiger partial charge in [-0.2, -0.15) is 13.2 Å². The minimum atomic E-state index is -4.56. The standard InChI is InChI=1S/C14H12F3IO2S/c15-14(16,17)12-10(13(19)20)6-7-11(18)21(12)8-9-4-2-1-3-5-9/h1-7,12,21H,8H2,(H,19,20). The van der Waals surface area contributed by atoms with Crippen molar-refractivity contribution in [3.05, 3.63) is 56.5 Å². The van der Waals surface area contributed by atoms with E-state index < -0.39 is 33.9 Å². The lowest BCUT2D eigenvalue weighted by atomic mass is 10.1. The Labute approximate surface area is 136 Å². The molecule has 0 saturated carbocycles. The first-order valence-corrected chi connectivity index (χ1v) is 8.66. The van der Waals surface area contributed by atoms with E-state index in [1.165, 1.54) is 6.08 Å². The number of allylic oxidation sites excluding steroid dienone is 2. The highest BCUT2D eigenvalue weighted by molar-refractivity contribution is 14.1. The second-order valence-corrected chi connectivity index (χ2v) is 8.74. The van der Waals surface area contributed by atoms with Crippen LogP contribution in [0.4, 0.5) is 13.2 Å². The van der Waals surface area contributed by atoms with Crippen molar-refractivity contribution in [2.24, 2.45) is 0 Å². The molecule has 1 heterocycles. The Kier molecular flexibility index (Phi) is 5.03. The molecule has 0 aromatic heterocycles. The number of rotatable bonds is 3. The van der Waals surface area contributed by atoms with E-state index in [0.29, 0.717) is 2.91 Å². The van der Waals surface area contributed by atoms with Crippen molar-refractivity contribution in [3.63, 3.8) is 0 Å². The molecule has 2 rings (SSSR count). The van der Waals surface area contributed by atoms with Gasteiger partial charge in [0.1, 0.15) is 5.25 Å². The Bertz CT molecular complexity index is 596. The van der Waals surface area contributed by atoms with E-state index in [1.807, 2.05) is 22.6 Å². The van der Waals surface area contributed by atoms with Gasteiger partial charge in [-0.3, -0.25) is 0 Å². The minimum Gasteiger partial charge on any atom is -0.478 e. The van der Waals surface area contributed by atoms with E-state index in [2.05, 4.69) is 0 Å². The van der Waals surface area contributed by atoms with E-state index in [0.717, 1.165) is 11.6 Å². The number of hydrogen-bond acceptors (Lipinski definition) is 1. The summed E-state index contributed by atoms with van der Waals surface area (Å²) in [6.45, 7) is 0. The highest BCUT2D eigenvalue weighted by atomic mass is 127. The van der Waals surface area contributed by atoms with Crippen LogP contribution in [0.15, 0.2) is 51.0 Å². The second kappa shape index (κ2) is 6.43. The highest BCUT2D eigenvalue weighted by Gasteiger charge is 2.49. The molecule has 0 fully saturated rings. The van der Waals surface area contributed by atoms with Gasteiger partial charge in [0.15, 0.2) is 0 Å². The summed E-state index contributed by atoms with van der Waals surface area (Å²) in [5.74, 6) is -1.28. The quantitative estimate of drug-likeness (QED) is 0.553. The van der Waals surface area contributed by atoms with Gasteiger partial charge in [-0.05, 0) is 40.3 Å². The number of hydrogen-bond donors (Lipinski definition) is 2. The number of thiol groups is 1. The van der Waals surface area contributed by atoms with Gasteiger partial charge in [0.2, 0.25) is 0 Å². The molecule has 1 aromatic rings. The molecule has 2 unspecified atom stereocenters. The summed E-state index contributed by atoms with van der Waals surface area (Å²) < 4.78 is 40.7. The van der Waals surface area contributed by atoms with Gasteiger partial charge >= 0.3 is 12.1 Å². The summed E-state index contributed by atoms with van der Waals surface area (Å²) in [5, 5.41) is 7.14. The van der Waals surface area contributed by atoms with Crippen molar-refractivity contribution in [1.82, 2.24) is 0 Å². The van der Waals surface area contributed by atoms with Crippen molar-refractivity contribution < 1.29 is 23.1 Å². The van der Waals surface area contributed by atoms with Gasteiger partial charge in [0.05, 0.1) is 5.57 Å². The summed E-state index contributed by atoms with van der Waals surface area (Å²) >= 11 is 1.89. The first kappa shape index (κ1) is 16.4. The van der Waals surface area contributed by atoms with Crippen LogP contribution in [0.5, 0.6) is 0 Å². The number of alkyl halides is 3. The molecule has 1 aliphatic rings. The second-order valence-electron chi connectivity index (χ2n) is 4.47. The number of carbonyl (C=O) groups is 1. The molecule has 7 heteroatoms. The Balaban J connectivity index is 2.39. The first-order valence-electron chi connectivity index (χ1n) is 5.98. The third kappa shape index (κ3) is 3.82. The number of aliphatic carboxylic acids is 1. The average Bonchev–Trinajstić information content (AvgIpc) is 2.40. The molecule has 21 heavy (non-hydrogen) atoms. The third-order valence-electron chi connectivity index (χ3n) is 3.03. The van der Waals surface area contributed by atoms with Crippen LogP contribution >= 0.6 is 33.5 Å². The molecule has 1 aromatic carbocycles. The number of benzene rings is 1. The zero-order valence-electron chi connectivity index (χ0n) is 10.6. The van der Waals surface area contributed by atoms with E-state index in [9.17, 15) is 18.0 Å².